The third-order valence-electron chi connectivity index (χ3n) is 5.22. The molecule has 0 atom stereocenters. The maximum atomic E-state index is 12.9. The summed E-state index contributed by atoms with van der Waals surface area (Å²) in [6.07, 6.45) is -0.159. The van der Waals surface area contributed by atoms with Gasteiger partial charge < -0.3 is 0 Å². The Morgan fingerprint density at radius 2 is 1.94 bits per heavy atom. The number of amides is 1. The number of aromatic nitrogens is 4. The third kappa shape index (κ3) is 3.52. The fraction of sp³-hybridized carbons (Fsp3) is 0.182. The summed E-state index contributed by atoms with van der Waals surface area (Å²) >= 11 is 0. The zero-order valence-electron chi connectivity index (χ0n) is 16.4. The summed E-state index contributed by atoms with van der Waals surface area (Å²) in [6.45, 7) is 0.785. The topological polar surface area (TPSA) is 63.9 Å². The molecular formula is C22H16F3N5O. The number of aryl methyl sites for hydroxylation is 1. The van der Waals surface area contributed by atoms with Gasteiger partial charge in [0.15, 0.2) is 0 Å². The van der Waals surface area contributed by atoms with Gasteiger partial charge in [0.1, 0.15) is 6.54 Å². The van der Waals surface area contributed by atoms with Gasteiger partial charge in [0.2, 0.25) is 0 Å². The molecule has 0 fully saturated rings. The van der Waals surface area contributed by atoms with Crippen LogP contribution in [0.15, 0.2) is 55.0 Å². The second kappa shape index (κ2) is 6.90. The Labute approximate surface area is 175 Å². The Morgan fingerprint density at radius 3 is 2.74 bits per heavy atom. The number of pyridine rings is 2. The number of carbonyl (C=O) groups excluding carboxylic acids is 1. The minimum atomic E-state index is -4.39. The molecule has 156 valence electrons. The quantitative estimate of drug-likeness (QED) is 0.486. The number of hydrogen-bond acceptors (Lipinski definition) is 4. The third-order valence-corrected chi connectivity index (χ3v) is 5.22. The van der Waals surface area contributed by atoms with Crippen LogP contribution in [-0.2, 0) is 13.1 Å². The van der Waals surface area contributed by atoms with Crippen molar-refractivity contribution in [3.05, 3.63) is 71.8 Å². The highest BCUT2D eigenvalue weighted by Gasteiger charge is 2.34. The number of anilines is 1. The lowest BCUT2D eigenvalue weighted by Crippen LogP contribution is -2.23. The lowest BCUT2D eigenvalue weighted by molar-refractivity contribution is -0.142. The minimum absolute atomic E-state index is 0.168. The minimum Gasteiger partial charge on any atom is -0.299 e. The van der Waals surface area contributed by atoms with Crippen molar-refractivity contribution in [3.8, 4) is 11.3 Å². The summed E-state index contributed by atoms with van der Waals surface area (Å²) in [4.78, 5) is 23.5. The van der Waals surface area contributed by atoms with E-state index in [0.29, 0.717) is 22.6 Å². The van der Waals surface area contributed by atoms with Gasteiger partial charge in [-0.05, 0) is 30.7 Å². The largest absolute Gasteiger partial charge is 0.408 e. The molecule has 9 heteroatoms. The number of alkyl halides is 3. The molecular weight excluding hydrogens is 407 g/mol. The maximum Gasteiger partial charge on any atom is 0.408 e. The van der Waals surface area contributed by atoms with Crippen LogP contribution in [-0.4, -0.2) is 31.8 Å². The molecule has 4 aromatic rings. The SMILES string of the molecule is Cc1cc(-c2cnc3ccccc3c2)nc2c1C(=O)N(c1cnn(CC(F)(F)F)c1)C2. The summed E-state index contributed by atoms with van der Waals surface area (Å²) in [5.74, 6) is -0.297. The number of carbonyl (C=O) groups is 1. The molecule has 0 radical (unpaired) electrons. The van der Waals surface area contributed by atoms with Crippen molar-refractivity contribution in [1.82, 2.24) is 19.7 Å². The average Bonchev–Trinajstić information content (AvgIpc) is 3.30. The number of fused-ring (bicyclic) bond motifs is 2. The number of nitrogens with zero attached hydrogens (tertiary/aromatic N) is 5. The van der Waals surface area contributed by atoms with Gasteiger partial charge in [0.05, 0.1) is 40.9 Å². The molecule has 1 aliphatic heterocycles. The lowest BCUT2D eigenvalue weighted by atomic mass is 10.0. The fourth-order valence-corrected chi connectivity index (χ4v) is 3.83. The fourth-order valence-electron chi connectivity index (χ4n) is 3.83. The van der Waals surface area contributed by atoms with Crippen LogP contribution in [0, 0.1) is 6.92 Å². The second-order valence-corrected chi connectivity index (χ2v) is 7.47. The number of halogens is 3. The highest BCUT2D eigenvalue weighted by atomic mass is 19.4. The Hall–Kier alpha value is -3.75. The van der Waals surface area contributed by atoms with Crippen LogP contribution in [0.4, 0.5) is 18.9 Å². The first-order valence-electron chi connectivity index (χ1n) is 9.55. The Bertz CT molecular complexity index is 1330. The van der Waals surface area contributed by atoms with Crippen LogP contribution in [0.5, 0.6) is 0 Å². The van der Waals surface area contributed by atoms with Crippen LogP contribution in [0.25, 0.3) is 22.2 Å². The van der Waals surface area contributed by atoms with E-state index >= 15 is 0 Å². The highest BCUT2D eigenvalue weighted by molar-refractivity contribution is 6.10. The molecule has 1 aromatic carbocycles. The van der Waals surface area contributed by atoms with Crippen LogP contribution in [0.1, 0.15) is 21.6 Å². The first-order valence-corrected chi connectivity index (χ1v) is 9.55. The Kier molecular flexibility index (Phi) is 4.28. The highest BCUT2D eigenvalue weighted by Crippen LogP contribution is 2.32. The van der Waals surface area contributed by atoms with Crippen molar-refractivity contribution < 1.29 is 18.0 Å². The average molecular weight is 423 g/mol. The number of rotatable bonds is 3. The van der Waals surface area contributed by atoms with Crippen LogP contribution >= 0.6 is 0 Å². The molecule has 0 unspecified atom stereocenters. The zero-order valence-corrected chi connectivity index (χ0v) is 16.4. The molecule has 1 amide bonds. The van der Waals surface area contributed by atoms with Gasteiger partial charge in [-0.25, -0.2) is 0 Å². The standard InChI is InChI=1S/C22H16F3N5O/c1-13-6-18(15-7-14-4-2-3-5-17(14)26-8-15)28-19-11-30(21(31)20(13)19)16-9-27-29(10-16)12-22(23,24)25/h2-10H,11-12H2,1H3. The van der Waals surface area contributed by atoms with Crippen LogP contribution < -0.4 is 4.90 Å². The van der Waals surface area contributed by atoms with Crippen molar-refractivity contribution in [3.63, 3.8) is 0 Å². The second-order valence-electron chi connectivity index (χ2n) is 7.47. The van der Waals surface area contributed by atoms with E-state index in [2.05, 4.69) is 15.1 Å². The summed E-state index contributed by atoms with van der Waals surface area (Å²) in [5, 5.41) is 4.72. The van der Waals surface area contributed by atoms with Gasteiger partial charge in [-0.1, -0.05) is 18.2 Å². The van der Waals surface area contributed by atoms with Crippen molar-refractivity contribution in [2.75, 3.05) is 4.90 Å². The Balaban J connectivity index is 1.48. The molecule has 1 aliphatic rings. The van der Waals surface area contributed by atoms with Gasteiger partial charge in [-0.2, -0.15) is 18.3 Å². The van der Waals surface area contributed by atoms with Crippen LogP contribution in [0.3, 0.4) is 0 Å². The summed E-state index contributed by atoms with van der Waals surface area (Å²) in [5.41, 5.74) is 4.51. The summed E-state index contributed by atoms with van der Waals surface area (Å²) < 4.78 is 38.6. The molecule has 5 rings (SSSR count). The van der Waals surface area contributed by atoms with Crippen molar-refractivity contribution in [2.45, 2.75) is 26.2 Å². The molecule has 4 heterocycles. The molecule has 0 saturated carbocycles. The van der Waals surface area contributed by atoms with Crippen LogP contribution in [0.2, 0.25) is 0 Å². The molecule has 3 aromatic heterocycles. The first kappa shape index (κ1) is 19.2. The predicted octanol–water partition coefficient (Wildman–Crippen LogP) is 4.52. The van der Waals surface area contributed by atoms with E-state index < -0.39 is 12.7 Å². The van der Waals surface area contributed by atoms with E-state index in [1.54, 1.807) is 6.20 Å². The van der Waals surface area contributed by atoms with E-state index in [1.165, 1.54) is 17.3 Å². The smallest absolute Gasteiger partial charge is 0.299 e. The molecule has 0 spiro atoms. The van der Waals surface area contributed by atoms with Gasteiger partial charge in [-0.3, -0.25) is 24.3 Å². The maximum absolute atomic E-state index is 12.9. The zero-order chi connectivity index (χ0) is 21.8. The van der Waals surface area contributed by atoms with Crippen molar-refractivity contribution >= 4 is 22.5 Å². The molecule has 0 bridgehead atoms. The van der Waals surface area contributed by atoms with E-state index in [9.17, 15) is 18.0 Å². The van der Waals surface area contributed by atoms with Gasteiger partial charge in [0.25, 0.3) is 5.91 Å². The molecule has 0 aliphatic carbocycles. The lowest BCUT2D eigenvalue weighted by Gasteiger charge is -2.12. The van der Waals surface area contributed by atoms with Crippen molar-refractivity contribution in [2.24, 2.45) is 0 Å². The van der Waals surface area contributed by atoms with E-state index in [-0.39, 0.29) is 12.5 Å². The number of benzene rings is 1. The first-order chi connectivity index (χ1) is 14.8. The van der Waals surface area contributed by atoms with Gasteiger partial charge >= 0.3 is 6.18 Å². The predicted molar refractivity (Wildman–Crippen MR) is 109 cm³/mol. The molecule has 31 heavy (non-hydrogen) atoms. The molecule has 6 nitrogen and oxygen atoms in total. The summed E-state index contributed by atoms with van der Waals surface area (Å²) in [6, 6.07) is 11.6. The molecule has 0 N–H and O–H groups in total. The van der Waals surface area contributed by atoms with E-state index in [4.69, 9.17) is 0 Å². The van der Waals surface area contributed by atoms with Gasteiger partial charge in [-0.15, -0.1) is 0 Å². The number of para-hydroxylation sites is 1. The van der Waals surface area contributed by atoms with Gasteiger partial charge in [0, 0.05) is 23.3 Å². The normalized spacial score (nSPS) is 13.8. The monoisotopic (exact) mass is 423 g/mol. The van der Waals surface area contributed by atoms with Crippen molar-refractivity contribution in [1.29, 1.82) is 0 Å². The number of hydrogen-bond donors (Lipinski definition) is 0. The van der Waals surface area contributed by atoms with E-state index in [0.717, 1.165) is 26.7 Å². The molecule has 0 saturated heterocycles. The summed E-state index contributed by atoms with van der Waals surface area (Å²) in [7, 11) is 0. The Morgan fingerprint density at radius 1 is 1.13 bits per heavy atom. The van der Waals surface area contributed by atoms with E-state index in [1.807, 2.05) is 43.3 Å².